The van der Waals surface area contributed by atoms with Crippen molar-refractivity contribution in [3.8, 4) is 0 Å². The molecular formula is C15H23NO. The Hall–Kier alpha value is -0.790. The molecule has 2 nitrogen and oxygen atoms in total. The maximum Gasteiger partial charge on any atom is 0.249 e. The minimum absolute atomic E-state index is 0.348. The van der Waals surface area contributed by atoms with Crippen LogP contribution in [-0.4, -0.2) is 23.9 Å². The highest BCUT2D eigenvalue weighted by atomic mass is 16.2. The van der Waals surface area contributed by atoms with Gasteiger partial charge in [0.05, 0.1) is 0 Å². The van der Waals surface area contributed by atoms with Crippen LogP contribution in [0.4, 0.5) is 0 Å². The number of hydrogen-bond donors (Lipinski definition) is 0. The zero-order chi connectivity index (χ0) is 12.0. The average Bonchev–Trinajstić information content (AvgIpc) is 2.38. The molecule has 17 heavy (non-hydrogen) atoms. The molecule has 0 aromatic carbocycles. The topological polar surface area (TPSA) is 20.3 Å². The number of likely N-dealkylation sites (tertiary alicyclic amines) is 1. The van der Waals surface area contributed by atoms with Crippen LogP contribution in [0.2, 0.25) is 0 Å². The number of fused-ring (bicyclic) bond motifs is 1. The predicted octanol–water partition coefficient (Wildman–Crippen LogP) is 2.99. The van der Waals surface area contributed by atoms with Crippen LogP contribution in [0.15, 0.2) is 11.6 Å². The van der Waals surface area contributed by atoms with Gasteiger partial charge in [-0.3, -0.25) is 4.79 Å². The number of hydrogen-bond acceptors (Lipinski definition) is 1. The Morgan fingerprint density at radius 1 is 1.29 bits per heavy atom. The molecule has 0 aromatic heterocycles. The van der Waals surface area contributed by atoms with Gasteiger partial charge in [0.1, 0.15) is 0 Å². The second-order valence-corrected chi connectivity index (χ2v) is 6.55. The highest BCUT2D eigenvalue weighted by Crippen LogP contribution is 2.59. The van der Waals surface area contributed by atoms with Crippen molar-refractivity contribution in [2.24, 2.45) is 17.3 Å². The van der Waals surface area contributed by atoms with Crippen molar-refractivity contribution in [1.29, 1.82) is 0 Å². The van der Waals surface area contributed by atoms with Crippen LogP contribution in [0.3, 0.4) is 0 Å². The molecule has 1 saturated heterocycles. The van der Waals surface area contributed by atoms with Crippen LogP contribution < -0.4 is 0 Å². The molecule has 2 heteroatoms. The van der Waals surface area contributed by atoms with E-state index in [1.807, 2.05) is 0 Å². The largest absolute Gasteiger partial charge is 0.339 e. The quantitative estimate of drug-likeness (QED) is 0.682. The fraction of sp³-hybridized carbons (Fsp3) is 0.800. The lowest BCUT2D eigenvalue weighted by atomic mass is 9.48. The van der Waals surface area contributed by atoms with Crippen molar-refractivity contribution in [2.75, 3.05) is 13.1 Å². The van der Waals surface area contributed by atoms with Gasteiger partial charge in [-0.1, -0.05) is 19.9 Å². The van der Waals surface area contributed by atoms with E-state index in [1.165, 1.54) is 25.7 Å². The standard InChI is InChI=1S/C15H23NO/c1-15(2)11-6-7-12(13(15)10-11)14(17)16-8-4-3-5-9-16/h7,11,13H,3-6,8-10H2,1-2H3. The molecule has 94 valence electrons. The van der Waals surface area contributed by atoms with Crippen molar-refractivity contribution in [2.45, 2.75) is 46.0 Å². The lowest BCUT2D eigenvalue weighted by molar-refractivity contribution is -0.131. The van der Waals surface area contributed by atoms with Gasteiger partial charge >= 0.3 is 0 Å². The van der Waals surface area contributed by atoms with Gasteiger partial charge in [-0.15, -0.1) is 0 Å². The molecular weight excluding hydrogens is 210 g/mol. The van der Waals surface area contributed by atoms with E-state index in [0.717, 1.165) is 31.0 Å². The second kappa shape index (κ2) is 3.86. The normalized spacial score (nSPS) is 34.9. The number of amides is 1. The first kappa shape index (κ1) is 11.3. The van der Waals surface area contributed by atoms with E-state index in [2.05, 4.69) is 24.8 Å². The van der Waals surface area contributed by atoms with E-state index in [9.17, 15) is 4.79 Å². The third-order valence-corrected chi connectivity index (χ3v) is 5.36. The summed E-state index contributed by atoms with van der Waals surface area (Å²) in [5.74, 6) is 1.71. The Kier molecular flexibility index (Phi) is 2.57. The van der Waals surface area contributed by atoms with Crippen LogP contribution in [-0.2, 0) is 4.79 Å². The molecule has 1 heterocycles. The molecule has 2 bridgehead atoms. The molecule has 4 rings (SSSR count). The van der Waals surface area contributed by atoms with Crippen LogP contribution in [0.1, 0.15) is 46.0 Å². The van der Waals surface area contributed by atoms with E-state index in [-0.39, 0.29) is 0 Å². The van der Waals surface area contributed by atoms with Crippen molar-refractivity contribution >= 4 is 5.91 Å². The number of carbonyl (C=O) groups is 1. The van der Waals surface area contributed by atoms with Gasteiger partial charge in [0.15, 0.2) is 0 Å². The average molecular weight is 233 g/mol. The Morgan fingerprint density at radius 3 is 2.59 bits per heavy atom. The number of allylic oxidation sites excluding steroid dienone is 1. The fourth-order valence-corrected chi connectivity index (χ4v) is 3.87. The molecule has 1 amide bonds. The van der Waals surface area contributed by atoms with Gasteiger partial charge in [0, 0.05) is 18.7 Å². The minimum Gasteiger partial charge on any atom is -0.339 e. The fourth-order valence-electron chi connectivity index (χ4n) is 3.87. The highest BCUT2D eigenvalue weighted by molar-refractivity contribution is 5.94. The number of piperidine rings is 1. The smallest absolute Gasteiger partial charge is 0.249 e. The summed E-state index contributed by atoms with van der Waals surface area (Å²) in [4.78, 5) is 14.6. The van der Waals surface area contributed by atoms with E-state index in [4.69, 9.17) is 0 Å². The first-order chi connectivity index (χ1) is 8.10. The lowest BCUT2D eigenvalue weighted by Gasteiger charge is -2.56. The third kappa shape index (κ3) is 1.64. The Morgan fingerprint density at radius 2 is 2.00 bits per heavy atom. The van der Waals surface area contributed by atoms with Gasteiger partial charge in [0.2, 0.25) is 5.91 Å². The summed E-state index contributed by atoms with van der Waals surface area (Å²) in [6, 6.07) is 0. The van der Waals surface area contributed by atoms with Crippen LogP contribution in [0.25, 0.3) is 0 Å². The van der Waals surface area contributed by atoms with Crippen LogP contribution in [0, 0.1) is 17.3 Å². The van der Waals surface area contributed by atoms with E-state index in [0.29, 0.717) is 17.2 Å². The summed E-state index contributed by atoms with van der Waals surface area (Å²) in [6.07, 6.45) is 8.28. The van der Waals surface area contributed by atoms with Crippen molar-refractivity contribution in [3.05, 3.63) is 11.6 Å². The Balaban J connectivity index is 1.76. The first-order valence-electron chi connectivity index (χ1n) is 7.10. The van der Waals surface area contributed by atoms with Gasteiger partial charge in [-0.2, -0.15) is 0 Å². The molecule has 1 saturated carbocycles. The molecule has 0 spiro atoms. The molecule has 2 fully saturated rings. The van der Waals surface area contributed by atoms with E-state index < -0.39 is 0 Å². The maximum atomic E-state index is 12.5. The van der Waals surface area contributed by atoms with Crippen molar-refractivity contribution in [1.82, 2.24) is 4.90 Å². The number of rotatable bonds is 1. The van der Waals surface area contributed by atoms with Crippen LogP contribution >= 0.6 is 0 Å². The van der Waals surface area contributed by atoms with Crippen molar-refractivity contribution in [3.63, 3.8) is 0 Å². The molecule has 2 unspecified atom stereocenters. The van der Waals surface area contributed by atoms with Gasteiger partial charge in [-0.25, -0.2) is 0 Å². The predicted molar refractivity (Wildman–Crippen MR) is 68.5 cm³/mol. The van der Waals surface area contributed by atoms with E-state index >= 15 is 0 Å². The van der Waals surface area contributed by atoms with E-state index in [1.54, 1.807) is 0 Å². The third-order valence-electron chi connectivity index (χ3n) is 5.36. The van der Waals surface area contributed by atoms with Crippen molar-refractivity contribution < 1.29 is 4.79 Å². The van der Waals surface area contributed by atoms with Gasteiger partial charge in [0.25, 0.3) is 0 Å². The zero-order valence-electron chi connectivity index (χ0n) is 11.0. The Labute approximate surface area is 104 Å². The SMILES string of the molecule is CC1(C)C2CC=C(C(=O)N3CCCCC3)C1C2. The summed E-state index contributed by atoms with van der Waals surface area (Å²) < 4.78 is 0. The Bertz CT molecular complexity index is 363. The summed E-state index contributed by atoms with van der Waals surface area (Å²) in [5, 5.41) is 0. The molecule has 4 aliphatic rings. The van der Waals surface area contributed by atoms with Crippen LogP contribution in [0.5, 0.6) is 0 Å². The molecule has 3 aliphatic carbocycles. The summed E-state index contributed by atoms with van der Waals surface area (Å²) >= 11 is 0. The zero-order valence-corrected chi connectivity index (χ0v) is 11.0. The minimum atomic E-state index is 0.348. The monoisotopic (exact) mass is 233 g/mol. The second-order valence-electron chi connectivity index (χ2n) is 6.55. The summed E-state index contributed by atoms with van der Waals surface area (Å²) in [6.45, 7) is 6.63. The summed E-state index contributed by atoms with van der Waals surface area (Å²) in [5.41, 5.74) is 1.51. The van der Waals surface area contributed by atoms with Gasteiger partial charge < -0.3 is 4.90 Å². The number of nitrogens with zero attached hydrogens (tertiary/aromatic N) is 1. The molecule has 0 radical (unpaired) electrons. The highest BCUT2D eigenvalue weighted by Gasteiger charge is 2.53. The molecule has 1 aliphatic heterocycles. The molecule has 2 atom stereocenters. The maximum absolute atomic E-state index is 12.5. The number of carbonyl (C=O) groups excluding carboxylic acids is 1. The molecule has 0 aromatic rings. The molecule has 0 N–H and O–H groups in total. The van der Waals surface area contributed by atoms with Gasteiger partial charge in [-0.05, 0) is 49.4 Å². The summed E-state index contributed by atoms with van der Waals surface area (Å²) in [7, 11) is 0. The lowest BCUT2D eigenvalue weighted by Crippen LogP contribution is -2.51. The first-order valence-corrected chi connectivity index (χ1v) is 7.10.